The SMILES string of the molecule is CNCC1CSc2cc(Br)ccc2N1. The first-order valence-electron chi connectivity index (χ1n) is 4.63. The van der Waals surface area contributed by atoms with Crippen LogP contribution < -0.4 is 10.6 Å². The van der Waals surface area contributed by atoms with E-state index in [1.54, 1.807) is 0 Å². The number of nitrogens with one attached hydrogen (secondary N) is 2. The molecule has 1 unspecified atom stereocenters. The second-order valence-corrected chi connectivity index (χ2v) is 5.33. The topological polar surface area (TPSA) is 24.1 Å². The molecule has 0 aliphatic carbocycles. The second kappa shape index (κ2) is 4.55. The predicted octanol–water partition coefficient (Wildman–Crippen LogP) is 2.55. The molecule has 0 aromatic heterocycles. The molecule has 1 atom stereocenters. The minimum absolute atomic E-state index is 0.540. The molecule has 0 saturated heterocycles. The van der Waals surface area contributed by atoms with Gasteiger partial charge in [-0.15, -0.1) is 11.8 Å². The number of likely N-dealkylation sites (N-methyl/N-ethyl adjacent to an activating group) is 1. The highest BCUT2D eigenvalue weighted by Crippen LogP contribution is 2.34. The molecule has 0 amide bonds. The Labute approximate surface area is 97.0 Å². The van der Waals surface area contributed by atoms with Crippen molar-refractivity contribution in [1.82, 2.24) is 5.32 Å². The molecule has 1 aliphatic rings. The van der Waals surface area contributed by atoms with Gasteiger partial charge in [-0.05, 0) is 25.2 Å². The van der Waals surface area contributed by atoms with E-state index in [0.29, 0.717) is 6.04 Å². The monoisotopic (exact) mass is 272 g/mol. The summed E-state index contributed by atoms with van der Waals surface area (Å²) in [5.41, 5.74) is 1.25. The van der Waals surface area contributed by atoms with Crippen LogP contribution in [0.3, 0.4) is 0 Å². The molecule has 2 nitrogen and oxygen atoms in total. The molecule has 0 spiro atoms. The lowest BCUT2D eigenvalue weighted by molar-refractivity contribution is 0.702. The molecule has 4 heteroatoms. The quantitative estimate of drug-likeness (QED) is 0.866. The van der Waals surface area contributed by atoms with Crippen molar-refractivity contribution >= 4 is 33.4 Å². The standard InChI is InChI=1S/C10H13BrN2S/c1-12-5-8-6-14-10-4-7(11)2-3-9(10)13-8/h2-4,8,12-13H,5-6H2,1H3. The molecule has 0 fully saturated rings. The van der Waals surface area contributed by atoms with Crippen molar-refractivity contribution in [1.29, 1.82) is 0 Å². The van der Waals surface area contributed by atoms with E-state index in [0.717, 1.165) is 16.8 Å². The lowest BCUT2D eigenvalue weighted by atomic mass is 10.2. The predicted molar refractivity (Wildman–Crippen MR) is 66.2 cm³/mol. The first-order chi connectivity index (χ1) is 6.79. The third kappa shape index (κ3) is 2.24. The van der Waals surface area contributed by atoms with E-state index in [1.807, 2.05) is 18.8 Å². The van der Waals surface area contributed by atoms with Gasteiger partial charge in [0.05, 0.1) is 0 Å². The number of fused-ring (bicyclic) bond motifs is 1. The van der Waals surface area contributed by atoms with Crippen molar-refractivity contribution in [3.05, 3.63) is 22.7 Å². The van der Waals surface area contributed by atoms with E-state index in [4.69, 9.17) is 0 Å². The maximum absolute atomic E-state index is 3.52. The molecule has 2 N–H and O–H groups in total. The zero-order valence-corrected chi connectivity index (χ0v) is 10.4. The van der Waals surface area contributed by atoms with Gasteiger partial charge in [0.2, 0.25) is 0 Å². The Balaban J connectivity index is 2.15. The van der Waals surface area contributed by atoms with Crippen molar-refractivity contribution in [3.8, 4) is 0 Å². The summed E-state index contributed by atoms with van der Waals surface area (Å²) in [5.74, 6) is 1.13. The Hall–Kier alpha value is -0.190. The van der Waals surface area contributed by atoms with Crippen LogP contribution in [-0.2, 0) is 0 Å². The van der Waals surface area contributed by atoms with Crippen molar-refractivity contribution < 1.29 is 0 Å². The molecule has 0 bridgehead atoms. The average molecular weight is 273 g/mol. The van der Waals surface area contributed by atoms with Gasteiger partial charge in [-0.2, -0.15) is 0 Å². The molecule has 1 aliphatic heterocycles. The maximum atomic E-state index is 3.52. The van der Waals surface area contributed by atoms with Crippen LogP contribution in [0.1, 0.15) is 0 Å². The number of benzene rings is 1. The van der Waals surface area contributed by atoms with Gasteiger partial charge in [0.15, 0.2) is 0 Å². The number of anilines is 1. The minimum Gasteiger partial charge on any atom is -0.379 e. The third-order valence-electron chi connectivity index (χ3n) is 2.19. The Kier molecular flexibility index (Phi) is 3.36. The van der Waals surface area contributed by atoms with E-state index < -0.39 is 0 Å². The number of rotatable bonds is 2. The molecule has 1 heterocycles. The third-order valence-corrected chi connectivity index (χ3v) is 3.90. The van der Waals surface area contributed by atoms with Gasteiger partial charge < -0.3 is 10.6 Å². The van der Waals surface area contributed by atoms with Gasteiger partial charge in [0.25, 0.3) is 0 Å². The van der Waals surface area contributed by atoms with Crippen molar-refractivity contribution in [2.24, 2.45) is 0 Å². The first kappa shape index (κ1) is 10.3. The molecule has 14 heavy (non-hydrogen) atoms. The van der Waals surface area contributed by atoms with Crippen LogP contribution in [-0.4, -0.2) is 25.4 Å². The van der Waals surface area contributed by atoms with Gasteiger partial charge in [0, 0.05) is 33.4 Å². The van der Waals surface area contributed by atoms with Crippen molar-refractivity contribution in [2.45, 2.75) is 10.9 Å². The van der Waals surface area contributed by atoms with E-state index in [1.165, 1.54) is 10.6 Å². The molecule has 2 rings (SSSR count). The van der Waals surface area contributed by atoms with E-state index in [2.05, 4.69) is 44.8 Å². The Morgan fingerprint density at radius 3 is 3.29 bits per heavy atom. The first-order valence-corrected chi connectivity index (χ1v) is 6.41. The number of hydrogen-bond donors (Lipinski definition) is 2. The fourth-order valence-corrected chi connectivity index (χ4v) is 3.13. The minimum atomic E-state index is 0.540. The Morgan fingerprint density at radius 2 is 2.50 bits per heavy atom. The lowest BCUT2D eigenvalue weighted by Gasteiger charge is -2.26. The van der Waals surface area contributed by atoms with E-state index in [-0.39, 0.29) is 0 Å². The van der Waals surface area contributed by atoms with E-state index >= 15 is 0 Å². The van der Waals surface area contributed by atoms with Crippen LogP contribution in [0, 0.1) is 0 Å². The number of hydrogen-bond acceptors (Lipinski definition) is 3. The summed E-state index contributed by atoms with van der Waals surface area (Å²) in [6.45, 7) is 1.02. The Bertz CT molecular complexity index is 330. The van der Waals surface area contributed by atoms with Crippen molar-refractivity contribution in [3.63, 3.8) is 0 Å². The summed E-state index contributed by atoms with van der Waals surface area (Å²) in [5, 5.41) is 6.72. The fraction of sp³-hybridized carbons (Fsp3) is 0.400. The summed E-state index contributed by atoms with van der Waals surface area (Å²) in [6.07, 6.45) is 0. The molecule has 1 aromatic rings. The van der Waals surface area contributed by atoms with Crippen LogP contribution in [0.4, 0.5) is 5.69 Å². The van der Waals surface area contributed by atoms with Crippen molar-refractivity contribution in [2.75, 3.05) is 24.7 Å². The van der Waals surface area contributed by atoms with Crippen LogP contribution in [0.15, 0.2) is 27.6 Å². The van der Waals surface area contributed by atoms with Gasteiger partial charge in [-0.25, -0.2) is 0 Å². The van der Waals surface area contributed by atoms with Gasteiger partial charge in [-0.1, -0.05) is 15.9 Å². The average Bonchev–Trinajstić information content (AvgIpc) is 2.19. The van der Waals surface area contributed by atoms with Gasteiger partial charge >= 0.3 is 0 Å². The number of halogens is 1. The van der Waals surface area contributed by atoms with Gasteiger partial charge in [-0.3, -0.25) is 0 Å². The second-order valence-electron chi connectivity index (χ2n) is 3.35. The molecule has 1 aromatic carbocycles. The summed E-state index contributed by atoms with van der Waals surface area (Å²) >= 11 is 5.40. The fourth-order valence-electron chi connectivity index (χ4n) is 1.54. The summed E-state index contributed by atoms with van der Waals surface area (Å²) in [4.78, 5) is 1.34. The highest BCUT2D eigenvalue weighted by molar-refractivity contribution is 9.10. The molecule has 76 valence electrons. The highest BCUT2D eigenvalue weighted by atomic mass is 79.9. The largest absolute Gasteiger partial charge is 0.379 e. The smallest absolute Gasteiger partial charge is 0.0482 e. The summed E-state index contributed by atoms with van der Waals surface area (Å²) in [7, 11) is 1.99. The van der Waals surface area contributed by atoms with Crippen LogP contribution in [0.5, 0.6) is 0 Å². The van der Waals surface area contributed by atoms with Crippen LogP contribution in [0.25, 0.3) is 0 Å². The molecule has 0 saturated carbocycles. The summed E-state index contributed by atoms with van der Waals surface area (Å²) in [6, 6.07) is 6.92. The lowest BCUT2D eigenvalue weighted by Crippen LogP contribution is -2.35. The maximum Gasteiger partial charge on any atom is 0.0482 e. The Morgan fingerprint density at radius 1 is 1.64 bits per heavy atom. The zero-order valence-electron chi connectivity index (χ0n) is 8.01. The number of thioether (sulfide) groups is 1. The highest BCUT2D eigenvalue weighted by Gasteiger charge is 2.17. The van der Waals surface area contributed by atoms with Gasteiger partial charge in [0.1, 0.15) is 0 Å². The molecular weight excluding hydrogens is 260 g/mol. The van der Waals surface area contributed by atoms with Crippen LogP contribution >= 0.6 is 27.7 Å². The summed E-state index contributed by atoms with van der Waals surface area (Å²) < 4.78 is 1.15. The normalized spacial score (nSPS) is 20.0. The van der Waals surface area contributed by atoms with E-state index in [9.17, 15) is 0 Å². The van der Waals surface area contributed by atoms with Crippen LogP contribution in [0.2, 0.25) is 0 Å². The zero-order chi connectivity index (χ0) is 9.97. The molecular formula is C10H13BrN2S. The molecule has 0 radical (unpaired) electrons.